The Kier molecular flexibility index (Phi) is 5.35. The van der Waals surface area contributed by atoms with Crippen LogP contribution in [0.3, 0.4) is 0 Å². The van der Waals surface area contributed by atoms with Crippen LogP contribution in [-0.2, 0) is 15.4 Å². The molecule has 0 saturated heterocycles. The fourth-order valence-corrected chi connectivity index (χ4v) is 4.14. The number of aryl methyl sites for hydroxylation is 2. The summed E-state index contributed by atoms with van der Waals surface area (Å²) >= 11 is 0. The molecule has 24 heavy (non-hydrogen) atoms. The Hall–Kier alpha value is -1.85. The third kappa shape index (κ3) is 3.97. The highest BCUT2D eigenvalue weighted by Crippen LogP contribution is 2.27. The van der Waals surface area contributed by atoms with Gasteiger partial charge in [-0.1, -0.05) is 44.2 Å². The Balaban J connectivity index is 2.25. The van der Waals surface area contributed by atoms with Gasteiger partial charge in [0.2, 0.25) is 10.0 Å². The Morgan fingerprint density at radius 1 is 1.04 bits per heavy atom. The molecule has 2 rings (SSSR count). The maximum absolute atomic E-state index is 12.7. The molecule has 0 heterocycles. The van der Waals surface area contributed by atoms with Gasteiger partial charge in [-0.2, -0.15) is 0 Å². The van der Waals surface area contributed by atoms with E-state index in [1.807, 2.05) is 51.1 Å². The second kappa shape index (κ2) is 6.95. The molecular formula is C19H25NO3S. The molecule has 0 amide bonds. The van der Waals surface area contributed by atoms with Gasteiger partial charge in [0.15, 0.2) is 0 Å². The zero-order valence-electron chi connectivity index (χ0n) is 14.9. The van der Waals surface area contributed by atoms with Gasteiger partial charge in [0, 0.05) is 12.0 Å². The summed E-state index contributed by atoms with van der Waals surface area (Å²) in [6.07, 6.45) is 0. The number of sulfonamides is 1. The van der Waals surface area contributed by atoms with Gasteiger partial charge in [-0.3, -0.25) is 0 Å². The first kappa shape index (κ1) is 18.5. The van der Waals surface area contributed by atoms with Crippen LogP contribution in [0.15, 0.2) is 47.4 Å². The van der Waals surface area contributed by atoms with E-state index in [1.165, 1.54) is 0 Å². The molecule has 0 bridgehead atoms. The third-order valence-corrected chi connectivity index (χ3v) is 5.78. The van der Waals surface area contributed by atoms with Gasteiger partial charge < -0.3 is 4.74 Å². The summed E-state index contributed by atoms with van der Waals surface area (Å²) in [7, 11) is -2.01. The molecule has 0 saturated carbocycles. The molecule has 0 radical (unpaired) electrons. The average Bonchev–Trinajstić information content (AvgIpc) is 2.55. The van der Waals surface area contributed by atoms with Crippen molar-refractivity contribution in [3.63, 3.8) is 0 Å². The minimum absolute atomic E-state index is 0.296. The number of benzene rings is 2. The molecule has 4 nitrogen and oxygen atoms in total. The van der Waals surface area contributed by atoms with E-state index in [0.29, 0.717) is 22.8 Å². The first-order valence-corrected chi connectivity index (χ1v) is 9.36. The summed E-state index contributed by atoms with van der Waals surface area (Å²) in [4.78, 5) is 0.296. The van der Waals surface area contributed by atoms with Gasteiger partial charge in [-0.25, -0.2) is 13.1 Å². The van der Waals surface area contributed by atoms with Crippen molar-refractivity contribution in [1.29, 1.82) is 0 Å². The van der Waals surface area contributed by atoms with Gasteiger partial charge in [-0.05, 0) is 42.7 Å². The van der Waals surface area contributed by atoms with Crippen LogP contribution in [0, 0.1) is 13.8 Å². The van der Waals surface area contributed by atoms with E-state index in [-0.39, 0.29) is 5.41 Å². The monoisotopic (exact) mass is 347 g/mol. The predicted molar refractivity (Wildman–Crippen MR) is 97.1 cm³/mol. The zero-order chi connectivity index (χ0) is 18.0. The van der Waals surface area contributed by atoms with Crippen molar-refractivity contribution in [2.45, 2.75) is 38.0 Å². The van der Waals surface area contributed by atoms with Crippen LogP contribution in [0.2, 0.25) is 0 Å². The van der Waals surface area contributed by atoms with Crippen molar-refractivity contribution < 1.29 is 13.2 Å². The molecule has 1 N–H and O–H groups in total. The summed E-state index contributed by atoms with van der Waals surface area (Å²) in [6, 6.07) is 13.3. The maximum Gasteiger partial charge on any atom is 0.240 e. The molecule has 0 atom stereocenters. The second-order valence-electron chi connectivity index (χ2n) is 6.66. The lowest BCUT2D eigenvalue weighted by Gasteiger charge is -2.26. The maximum atomic E-state index is 12.7. The fraction of sp³-hybridized carbons (Fsp3) is 0.368. The summed E-state index contributed by atoms with van der Waals surface area (Å²) in [5.74, 6) is 0.691. The SMILES string of the molecule is COc1cc(C)c(S(=O)(=O)NCC(C)(C)c2ccccc2)cc1C. The molecule has 0 spiro atoms. The molecule has 2 aromatic rings. The van der Waals surface area contributed by atoms with E-state index in [0.717, 1.165) is 11.1 Å². The molecule has 0 aliphatic heterocycles. The van der Waals surface area contributed by atoms with E-state index in [2.05, 4.69) is 4.72 Å². The Labute approximate surface area is 144 Å². The molecule has 5 heteroatoms. The largest absolute Gasteiger partial charge is 0.496 e. The van der Waals surface area contributed by atoms with E-state index >= 15 is 0 Å². The number of hydrogen-bond acceptors (Lipinski definition) is 3. The molecular weight excluding hydrogens is 322 g/mol. The van der Waals surface area contributed by atoms with Crippen LogP contribution >= 0.6 is 0 Å². The Morgan fingerprint density at radius 2 is 1.67 bits per heavy atom. The van der Waals surface area contributed by atoms with Gasteiger partial charge in [0.25, 0.3) is 0 Å². The topological polar surface area (TPSA) is 55.4 Å². The lowest BCUT2D eigenvalue weighted by molar-refractivity contribution is 0.411. The van der Waals surface area contributed by atoms with Crippen molar-refractivity contribution in [2.75, 3.05) is 13.7 Å². The summed E-state index contributed by atoms with van der Waals surface area (Å²) in [6.45, 7) is 7.99. The number of hydrogen-bond donors (Lipinski definition) is 1. The number of rotatable bonds is 6. The third-order valence-electron chi connectivity index (χ3n) is 4.24. The van der Waals surface area contributed by atoms with Gasteiger partial charge >= 0.3 is 0 Å². The highest BCUT2D eigenvalue weighted by Gasteiger charge is 2.25. The van der Waals surface area contributed by atoms with Crippen LogP contribution in [0.5, 0.6) is 5.75 Å². The van der Waals surface area contributed by atoms with Crippen LogP contribution in [0.4, 0.5) is 0 Å². The minimum Gasteiger partial charge on any atom is -0.496 e. The predicted octanol–water partition coefficient (Wildman–Crippen LogP) is 3.57. The van der Waals surface area contributed by atoms with Crippen LogP contribution in [-0.4, -0.2) is 22.1 Å². The van der Waals surface area contributed by atoms with Crippen molar-refractivity contribution >= 4 is 10.0 Å². The number of nitrogens with one attached hydrogen (secondary N) is 1. The molecule has 0 fully saturated rings. The number of methoxy groups -OCH3 is 1. The van der Waals surface area contributed by atoms with Crippen LogP contribution in [0.1, 0.15) is 30.5 Å². The molecule has 0 unspecified atom stereocenters. The van der Waals surface area contributed by atoms with E-state index in [9.17, 15) is 8.42 Å². The lowest BCUT2D eigenvalue weighted by atomic mass is 9.85. The molecule has 0 aliphatic rings. The van der Waals surface area contributed by atoms with Gasteiger partial charge in [-0.15, -0.1) is 0 Å². The van der Waals surface area contributed by atoms with Crippen LogP contribution < -0.4 is 9.46 Å². The first-order valence-electron chi connectivity index (χ1n) is 7.88. The molecule has 0 aromatic heterocycles. The Morgan fingerprint density at radius 3 is 2.25 bits per heavy atom. The smallest absolute Gasteiger partial charge is 0.240 e. The van der Waals surface area contributed by atoms with Gasteiger partial charge in [0.05, 0.1) is 12.0 Å². The quantitative estimate of drug-likeness (QED) is 0.869. The number of ether oxygens (including phenoxy) is 1. The summed E-state index contributed by atoms with van der Waals surface area (Å²) < 4.78 is 33.5. The summed E-state index contributed by atoms with van der Waals surface area (Å²) in [5, 5.41) is 0. The Bertz CT molecular complexity index is 812. The average molecular weight is 347 g/mol. The fourth-order valence-electron chi connectivity index (χ4n) is 2.62. The van der Waals surface area contributed by atoms with Crippen molar-refractivity contribution in [3.8, 4) is 5.75 Å². The van der Waals surface area contributed by atoms with E-state index < -0.39 is 10.0 Å². The molecule has 0 aliphatic carbocycles. The second-order valence-corrected chi connectivity index (χ2v) is 8.40. The molecule has 130 valence electrons. The zero-order valence-corrected chi connectivity index (χ0v) is 15.7. The van der Waals surface area contributed by atoms with E-state index in [1.54, 1.807) is 26.2 Å². The summed E-state index contributed by atoms with van der Waals surface area (Å²) in [5.41, 5.74) is 2.26. The standard InChI is InChI=1S/C19H25NO3S/c1-14-12-18(15(2)11-17(14)23-5)24(21,22)20-13-19(3,4)16-9-7-6-8-10-16/h6-12,20H,13H2,1-5H3. The van der Waals surface area contributed by atoms with E-state index in [4.69, 9.17) is 4.74 Å². The highest BCUT2D eigenvalue weighted by atomic mass is 32.2. The lowest BCUT2D eigenvalue weighted by Crippen LogP contribution is -2.36. The van der Waals surface area contributed by atoms with Crippen molar-refractivity contribution in [2.24, 2.45) is 0 Å². The van der Waals surface area contributed by atoms with Gasteiger partial charge in [0.1, 0.15) is 5.75 Å². The van der Waals surface area contributed by atoms with Crippen molar-refractivity contribution in [1.82, 2.24) is 4.72 Å². The molecule has 2 aromatic carbocycles. The minimum atomic E-state index is -3.59. The normalized spacial score (nSPS) is 12.2. The first-order chi connectivity index (χ1) is 11.2. The van der Waals surface area contributed by atoms with Crippen LogP contribution in [0.25, 0.3) is 0 Å². The highest BCUT2D eigenvalue weighted by molar-refractivity contribution is 7.89. The van der Waals surface area contributed by atoms with Crippen molar-refractivity contribution in [3.05, 3.63) is 59.2 Å².